The number of aromatic nitrogens is 2. The van der Waals surface area contributed by atoms with Crippen LogP contribution in [0.1, 0.15) is 29.9 Å². The lowest BCUT2D eigenvalue weighted by Gasteiger charge is -2.40. The molecule has 0 unspecified atom stereocenters. The van der Waals surface area contributed by atoms with Crippen molar-refractivity contribution in [3.05, 3.63) is 81.6 Å². The van der Waals surface area contributed by atoms with Crippen molar-refractivity contribution >= 4 is 55.5 Å². The first-order chi connectivity index (χ1) is 20.6. The van der Waals surface area contributed by atoms with Gasteiger partial charge in [-0.1, -0.05) is 41.4 Å². The number of sulfone groups is 1. The summed E-state index contributed by atoms with van der Waals surface area (Å²) in [6, 6.07) is 14.9. The number of likely N-dealkylation sites (tertiary alicyclic amines) is 1. The highest BCUT2D eigenvalue weighted by molar-refractivity contribution is 7.90. The third-order valence-electron chi connectivity index (χ3n) is 9.55. The predicted molar refractivity (Wildman–Crippen MR) is 161 cm³/mol. The number of hydrogen-bond acceptors (Lipinski definition) is 6. The summed E-state index contributed by atoms with van der Waals surface area (Å²) in [4.78, 5) is 16.8. The smallest absolute Gasteiger partial charge is 0.250 e. The summed E-state index contributed by atoms with van der Waals surface area (Å²) in [5, 5.41) is 9.03. The van der Waals surface area contributed by atoms with E-state index in [4.69, 9.17) is 33.0 Å². The second-order valence-corrected chi connectivity index (χ2v) is 15.0. The molecule has 4 heterocycles. The Bertz CT molecular complexity index is 1960. The topological polar surface area (TPSA) is 93.5 Å². The maximum atomic E-state index is 16.1. The summed E-state index contributed by atoms with van der Waals surface area (Å²) < 4.78 is 48.8. The number of anilines is 1. The SMILES string of the molecule is CS(=O)(=O)c1ccc2c3n(nc2c1)C[C@@H]1[C@H](CO3)N(CC2CC2)[C@@]2(C(=O)Nc3cc(Cl)ccc32)[C@H]1c1cccc(Cl)c1F. The molecule has 43 heavy (non-hydrogen) atoms. The lowest BCUT2D eigenvalue weighted by atomic mass is 9.71. The van der Waals surface area contributed by atoms with E-state index in [1.165, 1.54) is 6.07 Å². The van der Waals surface area contributed by atoms with E-state index in [2.05, 4.69) is 10.2 Å². The van der Waals surface area contributed by atoms with Gasteiger partial charge in [0.15, 0.2) is 9.84 Å². The summed E-state index contributed by atoms with van der Waals surface area (Å²) in [6.07, 6.45) is 3.28. The molecule has 4 aliphatic rings. The molecule has 222 valence electrons. The molecule has 0 radical (unpaired) electrons. The van der Waals surface area contributed by atoms with Crippen molar-refractivity contribution in [3.63, 3.8) is 0 Å². The molecule has 1 aromatic heterocycles. The molecule has 0 bridgehead atoms. The Morgan fingerprint density at radius 3 is 2.72 bits per heavy atom. The van der Waals surface area contributed by atoms with Crippen LogP contribution in [-0.4, -0.2) is 54.5 Å². The van der Waals surface area contributed by atoms with Gasteiger partial charge in [0.05, 0.1) is 26.9 Å². The van der Waals surface area contributed by atoms with Crippen molar-refractivity contribution in [2.24, 2.45) is 11.8 Å². The molecule has 2 fully saturated rings. The van der Waals surface area contributed by atoms with Gasteiger partial charge in [0, 0.05) is 47.5 Å². The summed E-state index contributed by atoms with van der Waals surface area (Å²) in [7, 11) is -3.44. The minimum Gasteiger partial charge on any atom is -0.476 e. The number of rotatable bonds is 4. The second-order valence-electron chi connectivity index (χ2n) is 12.1. The Kier molecular flexibility index (Phi) is 5.99. The zero-order valence-electron chi connectivity index (χ0n) is 23.1. The molecule has 1 N–H and O–H groups in total. The van der Waals surface area contributed by atoms with Crippen LogP contribution >= 0.6 is 23.2 Å². The van der Waals surface area contributed by atoms with E-state index in [-0.39, 0.29) is 34.4 Å². The monoisotopic (exact) mass is 640 g/mol. The fourth-order valence-electron chi connectivity index (χ4n) is 7.56. The summed E-state index contributed by atoms with van der Waals surface area (Å²) in [6.45, 7) is 1.21. The van der Waals surface area contributed by atoms with Gasteiger partial charge in [-0.2, -0.15) is 5.10 Å². The van der Waals surface area contributed by atoms with E-state index in [1.54, 1.807) is 47.1 Å². The Balaban J connectivity index is 1.36. The third-order valence-corrected chi connectivity index (χ3v) is 11.2. The highest BCUT2D eigenvalue weighted by atomic mass is 35.5. The Morgan fingerprint density at radius 2 is 1.95 bits per heavy atom. The summed E-state index contributed by atoms with van der Waals surface area (Å²) >= 11 is 12.7. The molecule has 1 aliphatic carbocycles. The maximum Gasteiger partial charge on any atom is 0.250 e. The summed E-state index contributed by atoms with van der Waals surface area (Å²) in [5.41, 5.74) is 0.979. The molecular weight excluding hydrogens is 614 g/mol. The number of amides is 1. The van der Waals surface area contributed by atoms with E-state index in [0.29, 0.717) is 52.1 Å². The Morgan fingerprint density at radius 1 is 1.14 bits per heavy atom. The molecule has 12 heteroatoms. The molecule has 3 aliphatic heterocycles. The van der Waals surface area contributed by atoms with Crippen molar-refractivity contribution < 1.29 is 22.3 Å². The maximum absolute atomic E-state index is 16.1. The first kappa shape index (κ1) is 27.4. The van der Waals surface area contributed by atoms with Crippen molar-refractivity contribution in [1.29, 1.82) is 0 Å². The fraction of sp³-hybridized carbons (Fsp3) is 0.355. The highest BCUT2D eigenvalue weighted by Crippen LogP contribution is 2.61. The Labute approximate surface area is 257 Å². The zero-order valence-corrected chi connectivity index (χ0v) is 25.4. The predicted octanol–water partition coefficient (Wildman–Crippen LogP) is 5.62. The highest BCUT2D eigenvalue weighted by Gasteiger charge is 2.68. The van der Waals surface area contributed by atoms with E-state index in [1.807, 2.05) is 6.07 Å². The van der Waals surface area contributed by atoms with Crippen LogP contribution in [0.25, 0.3) is 10.9 Å². The van der Waals surface area contributed by atoms with Crippen LogP contribution in [0.5, 0.6) is 5.88 Å². The van der Waals surface area contributed by atoms with E-state index in [0.717, 1.165) is 24.7 Å². The van der Waals surface area contributed by atoms with Gasteiger partial charge in [0.1, 0.15) is 18.0 Å². The standard InChI is InChI=1S/C31H27Cl2FN4O4S/c1-43(40,41)18-8-9-19-24(12-18)36-38-14-21-26(15-42-29(19)38)37(13-16-5-6-16)31(27(21)20-3-2-4-23(33)28(20)34)22-10-7-17(32)11-25(22)35-30(31)39/h2-4,7-12,16,21,26-27H,5-6,13-15H2,1H3,(H,35,39)/t21-,26+,27+,31-/m1/s1. The number of halogens is 3. The van der Waals surface area contributed by atoms with Crippen molar-refractivity contribution in [3.8, 4) is 5.88 Å². The van der Waals surface area contributed by atoms with Crippen LogP contribution in [0.3, 0.4) is 0 Å². The van der Waals surface area contributed by atoms with Crippen molar-refractivity contribution in [2.45, 2.75) is 41.8 Å². The average molecular weight is 642 g/mol. The quantitative estimate of drug-likeness (QED) is 0.311. The summed E-state index contributed by atoms with van der Waals surface area (Å²) in [5.74, 6) is -0.802. The minimum atomic E-state index is -3.44. The van der Waals surface area contributed by atoms with Crippen LogP contribution in [-0.2, 0) is 26.7 Å². The molecule has 8 rings (SSSR count). The van der Waals surface area contributed by atoms with Gasteiger partial charge in [-0.25, -0.2) is 17.5 Å². The number of hydrogen-bond donors (Lipinski definition) is 1. The van der Waals surface area contributed by atoms with Gasteiger partial charge in [-0.05, 0) is 60.7 Å². The van der Waals surface area contributed by atoms with E-state index >= 15 is 4.39 Å². The number of nitrogens with zero attached hydrogens (tertiary/aromatic N) is 3. The van der Waals surface area contributed by atoms with Gasteiger partial charge in [-0.3, -0.25) is 9.69 Å². The normalized spacial score (nSPS) is 26.6. The van der Waals surface area contributed by atoms with Crippen LogP contribution in [0, 0.1) is 17.7 Å². The number of fused-ring (bicyclic) bond motifs is 6. The lowest BCUT2D eigenvalue weighted by Crippen LogP contribution is -2.53. The van der Waals surface area contributed by atoms with Crippen LogP contribution in [0.2, 0.25) is 10.0 Å². The van der Waals surface area contributed by atoms with E-state index < -0.39 is 27.1 Å². The number of ether oxygens (including phenoxy) is 1. The van der Waals surface area contributed by atoms with Gasteiger partial charge in [0.2, 0.25) is 11.8 Å². The number of carbonyl (C=O) groups excluding carboxylic acids is 1. The van der Waals surface area contributed by atoms with Gasteiger partial charge >= 0.3 is 0 Å². The van der Waals surface area contributed by atoms with Crippen molar-refractivity contribution in [2.75, 3.05) is 24.7 Å². The molecular formula is C31H27Cl2FN4O4S. The van der Waals surface area contributed by atoms with Crippen LogP contribution < -0.4 is 10.1 Å². The van der Waals surface area contributed by atoms with Crippen LogP contribution in [0.4, 0.5) is 10.1 Å². The van der Waals surface area contributed by atoms with Crippen molar-refractivity contribution in [1.82, 2.24) is 14.7 Å². The lowest BCUT2D eigenvalue weighted by molar-refractivity contribution is -0.128. The van der Waals surface area contributed by atoms with E-state index in [9.17, 15) is 13.2 Å². The minimum absolute atomic E-state index is 0.0109. The molecule has 3 aromatic carbocycles. The number of nitrogens with one attached hydrogen (secondary N) is 1. The second kappa shape index (κ2) is 9.41. The van der Waals surface area contributed by atoms with Crippen LogP contribution in [0.15, 0.2) is 59.5 Å². The zero-order chi connectivity index (χ0) is 29.8. The van der Waals surface area contributed by atoms with Gasteiger partial charge in [-0.15, -0.1) is 0 Å². The van der Waals surface area contributed by atoms with Gasteiger partial charge in [0.25, 0.3) is 0 Å². The molecule has 4 aromatic rings. The molecule has 1 amide bonds. The number of carbonyl (C=O) groups is 1. The molecule has 1 spiro atoms. The fourth-order valence-corrected chi connectivity index (χ4v) is 8.56. The first-order valence-corrected chi connectivity index (χ1v) is 16.9. The molecule has 8 nitrogen and oxygen atoms in total. The first-order valence-electron chi connectivity index (χ1n) is 14.2. The number of benzene rings is 3. The molecule has 1 saturated carbocycles. The largest absolute Gasteiger partial charge is 0.476 e. The molecule has 4 atom stereocenters. The molecule has 1 saturated heterocycles. The third kappa shape index (κ3) is 3.99. The Hall–Kier alpha value is -3.18. The van der Waals surface area contributed by atoms with Gasteiger partial charge < -0.3 is 10.1 Å². The average Bonchev–Trinajstić information content (AvgIpc) is 3.62.